The number of phosphoric ester groups is 1. The molecule has 0 saturated carbocycles. The molecule has 0 fully saturated rings. The van der Waals surface area contributed by atoms with Gasteiger partial charge in [-0.3, -0.25) is 9.05 Å². The van der Waals surface area contributed by atoms with E-state index in [1.54, 1.807) is 0 Å². The Balaban J connectivity index is 3.14. The van der Waals surface area contributed by atoms with Crippen LogP contribution in [0.25, 0.3) is 0 Å². The van der Waals surface area contributed by atoms with Crippen molar-refractivity contribution >= 4 is 7.82 Å². The summed E-state index contributed by atoms with van der Waals surface area (Å²) in [4.78, 5) is 9.27. The van der Waals surface area contributed by atoms with Crippen LogP contribution >= 0.6 is 7.82 Å². The molecular weight excluding hydrogens is 351 g/mol. The van der Waals surface area contributed by atoms with Gasteiger partial charge in [-0.15, -0.1) is 0 Å². The minimum atomic E-state index is -3.96. The minimum absolute atomic E-state index is 0.174. The van der Waals surface area contributed by atoms with Crippen LogP contribution in [0.1, 0.15) is 110 Å². The maximum absolute atomic E-state index is 11.3. The number of phosphoric acid groups is 1. The molecule has 0 saturated heterocycles. The highest BCUT2D eigenvalue weighted by atomic mass is 31.2. The zero-order valence-corrected chi connectivity index (χ0v) is 17.9. The molecule has 1 atom stereocenters. The van der Waals surface area contributed by atoms with Gasteiger partial charge in [-0.25, -0.2) is 4.57 Å². The standard InChI is InChI=1S/C20H43O5P/c1-2-3-4-5-6-7-8-9-10-11-12-13-14-15-16-17-19-24-26(22,23)25-20-18-21/h21H,2-20H2,1H3,(H,22,23). The predicted molar refractivity (Wildman–Crippen MR) is 108 cm³/mol. The number of aliphatic hydroxyl groups is 1. The Morgan fingerprint density at radius 3 is 1.35 bits per heavy atom. The smallest absolute Gasteiger partial charge is 0.394 e. The van der Waals surface area contributed by atoms with E-state index >= 15 is 0 Å². The largest absolute Gasteiger partial charge is 0.472 e. The molecule has 5 nitrogen and oxygen atoms in total. The highest BCUT2D eigenvalue weighted by molar-refractivity contribution is 7.47. The van der Waals surface area contributed by atoms with Crippen molar-refractivity contribution in [2.24, 2.45) is 0 Å². The van der Waals surface area contributed by atoms with Gasteiger partial charge < -0.3 is 10.00 Å². The molecule has 0 aromatic heterocycles. The summed E-state index contributed by atoms with van der Waals surface area (Å²) in [6.07, 6.45) is 20.7. The van der Waals surface area contributed by atoms with Crippen LogP contribution in [0, 0.1) is 0 Å². The van der Waals surface area contributed by atoms with Gasteiger partial charge in [0.15, 0.2) is 0 Å². The van der Waals surface area contributed by atoms with E-state index in [0.29, 0.717) is 0 Å². The molecular formula is C20H43O5P. The molecule has 2 N–H and O–H groups in total. The van der Waals surface area contributed by atoms with Crippen molar-refractivity contribution in [1.82, 2.24) is 0 Å². The highest BCUT2D eigenvalue weighted by Gasteiger charge is 2.19. The molecule has 0 aliphatic heterocycles. The molecule has 158 valence electrons. The van der Waals surface area contributed by atoms with E-state index in [1.165, 1.54) is 83.5 Å². The van der Waals surface area contributed by atoms with E-state index in [1.807, 2.05) is 0 Å². The van der Waals surface area contributed by atoms with E-state index < -0.39 is 7.82 Å². The zero-order chi connectivity index (χ0) is 19.3. The highest BCUT2D eigenvalue weighted by Crippen LogP contribution is 2.42. The number of hydrogen-bond acceptors (Lipinski definition) is 4. The van der Waals surface area contributed by atoms with E-state index in [-0.39, 0.29) is 19.8 Å². The minimum Gasteiger partial charge on any atom is -0.394 e. The molecule has 0 heterocycles. The van der Waals surface area contributed by atoms with E-state index in [9.17, 15) is 9.46 Å². The van der Waals surface area contributed by atoms with Crippen LogP contribution in [0.2, 0.25) is 0 Å². The fraction of sp³-hybridized carbons (Fsp3) is 1.00. The van der Waals surface area contributed by atoms with Crippen molar-refractivity contribution < 1.29 is 23.6 Å². The fourth-order valence-electron chi connectivity index (χ4n) is 3.02. The van der Waals surface area contributed by atoms with Gasteiger partial charge in [-0.1, -0.05) is 103 Å². The van der Waals surface area contributed by atoms with E-state index in [4.69, 9.17) is 9.63 Å². The lowest BCUT2D eigenvalue weighted by molar-refractivity contribution is 0.122. The lowest BCUT2D eigenvalue weighted by atomic mass is 10.0. The quantitative estimate of drug-likeness (QED) is 0.175. The first-order valence-electron chi connectivity index (χ1n) is 10.8. The summed E-state index contributed by atoms with van der Waals surface area (Å²) in [5, 5.41) is 8.54. The first-order valence-corrected chi connectivity index (χ1v) is 12.3. The van der Waals surface area contributed by atoms with Gasteiger partial charge in [0.2, 0.25) is 0 Å². The third-order valence-corrected chi connectivity index (χ3v) is 5.62. The molecule has 0 amide bonds. The Kier molecular flexibility index (Phi) is 19.9. The third-order valence-electron chi connectivity index (χ3n) is 4.60. The van der Waals surface area contributed by atoms with Crippen molar-refractivity contribution in [1.29, 1.82) is 0 Å². The predicted octanol–water partition coefficient (Wildman–Crippen LogP) is 6.37. The second-order valence-electron chi connectivity index (χ2n) is 7.16. The Labute approximate surface area is 161 Å². The van der Waals surface area contributed by atoms with E-state index in [2.05, 4.69) is 11.4 Å². The zero-order valence-electron chi connectivity index (χ0n) is 17.0. The van der Waals surface area contributed by atoms with Crippen LogP contribution < -0.4 is 0 Å². The molecule has 6 heteroatoms. The van der Waals surface area contributed by atoms with Gasteiger partial charge >= 0.3 is 7.82 Å². The Morgan fingerprint density at radius 2 is 0.962 bits per heavy atom. The average molecular weight is 395 g/mol. The Bertz CT molecular complexity index is 325. The van der Waals surface area contributed by atoms with Gasteiger partial charge in [-0.05, 0) is 6.42 Å². The average Bonchev–Trinajstić information content (AvgIpc) is 2.62. The number of rotatable bonds is 21. The van der Waals surface area contributed by atoms with Crippen LogP contribution in [-0.2, 0) is 13.6 Å². The van der Waals surface area contributed by atoms with Crippen LogP contribution in [0.4, 0.5) is 0 Å². The van der Waals surface area contributed by atoms with Crippen molar-refractivity contribution in [2.45, 2.75) is 110 Å². The Morgan fingerprint density at radius 1 is 0.615 bits per heavy atom. The lowest BCUT2D eigenvalue weighted by Crippen LogP contribution is -2.01. The van der Waals surface area contributed by atoms with Gasteiger partial charge in [0.25, 0.3) is 0 Å². The summed E-state index contributed by atoms with van der Waals surface area (Å²) < 4.78 is 20.7. The second kappa shape index (κ2) is 19.8. The molecule has 0 aliphatic carbocycles. The summed E-state index contributed by atoms with van der Waals surface area (Å²) in [6.45, 7) is 2.04. The van der Waals surface area contributed by atoms with Crippen LogP contribution in [0.5, 0.6) is 0 Å². The van der Waals surface area contributed by atoms with Crippen molar-refractivity contribution in [2.75, 3.05) is 19.8 Å². The SMILES string of the molecule is CCCCCCCCCCCCCCCCCCOP(=O)(O)OCCO. The molecule has 0 aromatic carbocycles. The molecule has 0 aliphatic rings. The van der Waals surface area contributed by atoms with Gasteiger partial charge in [0.05, 0.1) is 19.8 Å². The second-order valence-corrected chi connectivity index (χ2v) is 8.62. The van der Waals surface area contributed by atoms with E-state index in [0.717, 1.165) is 19.3 Å². The molecule has 26 heavy (non-hydrogen) atoms. The molecule has 0 rings (SSSR count). The first kappa shape index (κ1) is 26.1. The monoisotopic (exact) mass is 394 g/mol. The summed E-state index contributed by atoms with van der Waals surface area (Å²) >= 11 is 0. The van der Waals surface area contributed by atoms with Crippen LogP contribution in [0.15, 0.2) is 0 Å². The Hall–Kier alpha value is 0.0700. The maximum atomic E-state index is 11.3. The first-order chi connectivity index (χ1) is 12.6. The van der Waals surface area contributed by atoms with Crippen LogP contribution in [0.3, 0.4) is 0 Å². The molecule has 0 aromatic rings. The van der Waals surface area contributed by atoms with Gasteiger partial charge in [0, 0.05) is 0 Å². The summed E-state index contributed by atoms with van der Waals surface area (Å²) in [6, 6.07) is 0. The number of hydrogen-bond donors (Lipinski definition) is 2. The maximum Gasteiger partial charge on any atom is 0.472 e. The topological polar surface area (TPSA) is 76.0 Å². The number of unbranched alkanes of at least 4 members (excludes halogenated alkanes) is 15. The van der Waals surface area contributed by atoms with Crippen LogP contribution in [-0.4, -0.2) is 29.8 Å². The number of aliphatic hydroxyl groups excluding tert-OH is 1. The van der Waals surface area contributed by atoms with Crippen molar-refractivity contribution in [3.63, 3.8) is 0 Å². The van der Waals surface area contributed by atoms with Gasteiger partial charge in [-0.2, -0.15) is 0 Å². The lowest BCUT2D eigenvalue weighted by Gasteiger charge is -2.11. The summed E-state index contributed by atoms with van der Waals surface area (Å²) in [5.74, 6) is 0. The normalized spacial score (nSPS) is 13.8. The summed E-state index contributed by atoms with van der Waals surface area (Å²) in [7, 11) is -3.96. The molecule has 0 radical (unpaired) electrons. The summed E-state index contributed by atoms with van der Waals surface area (Å²) in [5.41, 5.74) is 0. The van der Waals surface area contributed by atoms with Crippen molar-refractivity contribution in [3.8, 4) is 0 Å². The third kappa shape index (κ3) is 20.4. The molecule has 1 unspecified atom stereocenters. The molecule has 0 spiro atoms. The van der Waals surface area contributed by atoms with Crippen molar-refractivity contribution in [3.05, 3.63) is 0 Å². The van der Waals surface area contributed by atoms with Gasteiger partial charge in [0.1, 0.15) is 0 Å². The molecule has 0 bridgehead atoms. The fourth-order valence-corrected chi connectivity index (χ4v) is 3.77.